The van der Waals surface area contributed by atoms with Gasteiger partial charge >= 0.3 is 5.97 Å². The van der Waals surface area contributed by atoms with Crippen LogP contribution in [0.3, 0.4) is 0 Å². The van der Waals surface area contributed by atoms with Gasteiger partial charge in [-0.25, -0.2) is 0 Å². The summed E-state index contributed by atoms with van der Waals surface area (Å²) in [6.45, 7) is 2.52. The minimum absolute atomic E-state index is 0.228. The number of nitrogens with zero attached hydrogens (tertiary/aromatic N) is 1. The van der Waals surface area contributed by atoms with Crippen LogP contribution in [0, 0.1) is 0 Å². The molecule has 1 N–H and O–H groups in total. The Morgan fingerprint density at radius 3 is 2.93 bits per heavy atom. The lowest BCUT2D eigenvalue weighted by Crippen LogP contribution is -2.36. The molecule has 0 aliphatic heterocycles. The number of carbonyl (C=O) groups excluding carboxylic acids is 1. The molecule has 4 nitrogen and oxygen atoms in total. The number of aromatic nitrogens is 1. The Bertz CT molecular complexity index is 301. The van der Waals surface area contributed by atoms with Gasteiger partial charge in [-0.05, 0) is 18.6 Å². The van der Waals surface area contributed by atoms with Crippen molar-refractivity contribution in [2.24, 2.45) is 0 Å². The monoisotopic (exact) mass is 208 g/mol. The van der Waals surface area contributed by atoms with E-state index in [1.807, 2.05) is 25.1 Å². The summed E-state index contributed by atoms with van der Waals surface area (Å²) in [6, 6.07) is 5.44. The van der Waals surface area contributed by atoms with Gasteiger partial charge in [-0.3, -0.25) is 15.1 Å². The highest BCUT2D eigenvalue weighted by molar-refractivity contribution is 5.75. The molecule has 0 saturated heterocycles. The normalized spacial score (nSPS) is 12.1. The van der Waals surface area contributed by atoms with Gasteiger partial charge in [0.1, 0.15) is 6.04 Å². The maximum atomic E-state index is 11.3. The molecule has 15 heavy (non-hydrogen) atoms. The fraction of sp³-hybridized carbons (Fsp3) is 0.455. The molecule has 0 aliphatic rings. The van der Waals surface area contributed by atoms with E-state index < -0.39 is 0 Å². The maximum Gasteiger partial charge on any atom is 0.322 e. The van der Waals surface area contributed by atoms with Crippen LogP contribution >= 0.6 is 0 Å². The van der Waals surface area contributed by atoms with Crippen molar-refractivity contribution in [1.82, 2.24) is 10.3 Å². The van der Waals surface area contributed by atoms with E-state index in [1.54, 1.807) is 6.20 Å². The average Bonchev–Trinajstić information content (AvgIpc) is 2.31. The number of methoxy groups -OCH3 is 1. The van der Waals surface area contributed by atoms with Crippen molar-refractivity contribution < 1.29 is 9.53 Å². The van der Waals surface area contributed by atoms with Crippen LogP contribution in [0.4, 0.5) is 0 Å². The Labute approximate surface area is 89.7 Å². The molecule has 82 valence electrons. The highest BCUT2D eigenvalue weighted by Gasteiger charge is 2.15. The Kier molecular flexibility index (Phi) is 4.77. The van der Waals surface area contributed by atoms with Crippen LogP contribution < -0.4 is 5.32 Å². The lowest BCUT2D eigenvalue weighted by Gasteiger charge is -2.13. The summed E-state index contributed by atoms with van der Waals surface area (Å²) in [5.74, 6) is -0.228. The van der Waals surface area contributed by atoms with Crippen LogP contribution in [0.2, 0.25) is 0 Å². The molecule has 1 aromatic heterocycles. The second-order valence-corrected chi connectivity index (χ2v) is 3.19. The van der Waals surface area contributed by atoms with Gasteiger partial charge in [-0.1, -0.05) is 13.0 Å². The van der Waals surface area contributed by atoms with E-state index in [2.05, 4.69) is 15.0 Å². The molecule has 1 rings (SSSR count). The molecular formula is C11H16N2O2. The molecule has 1 heterocycles. The van der Waals surface area contributed by atoms with Crippen LogP contribution in [-0.4, -0.2) is 24.1 Å². The fourth-order valence-corrected chi connectivity index (χ4v) is 1.27. The summed E-state index contributed by atoms with van der Waals surface area (Å²) >= 11 is 0. The van der Waals surface area contributed by atoms with Crippen molar-refractivity contribution in [2.75, 3.05) is 7.11 Å². The summed E-state index contributed by atoms with van der Waals surface area (Å²) in [5.41, 5.74) is 0.917. The van der Waals surface area contributed by atoms with Crippen molar-refractivity contribution in [1.29, 1.82) is 0 Å². The smallest absolute Gasteiger partial charge is 0.322 e. The van der Waals surface area contributed by atoms with Crippen LogP contribution in [0.15, 0.2) is 24.4 Å². The molecule has 0 aliphatic carbocycles. The highest BCUT2D eigenvalue weighted by atomic mass is 16.5. The van der Waals surface area contributed by atoms with Crippen LogP contribution in [0.25, 0.3) is 0 Å². The molecule has 0 amide bonds. The SMILES string of the molecule is CCC(NCc1ccccn1)C(=O)OC. The maximum absolute atomic E-state index is 11.3. The molecule has 4 heteroatoms. The third-order valence-electron chi connectivity index (χ3n) is 2.15. The van der Waals surface area contributed by atoms with Crippen molar-refractivity contribution in [3.8, 4) is 0 Å². The van der Waals surface area contributed by atoms with Gasteiger partial charge in [0.15, 0.2) is 0 Å². The van der Waals surface area contributed by atoms with E-state index in [1.165, 1.54) is 7.11 Å². The third-order valence-corrected chi connectivity index (χ3v) is 2.15. The molecule has 0 radical (unpaired) electrons. The zero-order valence-electron chi connectivity index (χ0n) is 9.06. The number of esters is 1. The van der Waals surface area contributed by atoms with Crippen LogP contribution in [-0.2, 0) is 16.1 Å². The van der Waals surface area contributed by atoms with E-state index in [0.29, 0.717) is 13.0 Å². The van der Waals surface area contributed by atoms with E-state index >= 15 is 0 Å². The predicted molar refractivity (Wildman–Crippen MR) is 57.2 cm³/mol. The van der Waals surface area contributed by atoms with Crippen molar-refractivity contribution >= 4 is 5.97 Å². The van der Waals surface area contributed by atoms with E-state index in [9.17, 15) is 4.79 Å². The number of pyridine rings is 1. The van der Waals surface area contributed by atoms with Gasteiger partial charge in [0.25, 0.3) is 0 Å². The number of carbonyl (C=O) groups is 1. The zero-order valence-corrected chi connectivity index (χ0v) is 9.06. The number of nitrogens with one attached hydrogen (secondary N) is 1. The number of ether oxygens (including phenoxy) is 1. The minimum Gasteiger partial charge on any atom is -0.468 e. The van der Waals surface area contributed by atoms with Gasteiger partial charge in [0.2, 0.25) is 0 Å². The fourth-order valence-electron chi connectivity index (χ4n) is 1.27. The number of hydrogen-bond donors (Lipinski definition) is 1. The molecule has 1 aromatic rings. The Hall–Kier alpha value is -1.42. The van der Waals surface area contributed by atoms with Crippen molar-refractivity contribution in [3.05, 3.63) is 30.1 Å². The topological polar surface area (TPSA) is 51.2 Å². The summed E-state index contributed by atoms with van der Waals surface area (Å²) in [6.07, 6.45) is 2.44. The lowest BCUT2D eigenvalue weighted by atomic mass is 10.2. The molecule has 1 atom stereocenters. The van der Waals surface area contributed by atoms with E-state index in [0.717, 1.165) is 5.69 Å². The lowest BCUT2D eigenvalue weighted by molar-refractivity contribution is -0.143. The van der Waals surface area contributed by atoms with Gasteiger partial charge in [-0.15, -0.1) is 0 Å². The summed E-state index contributed by atoms with van der Waals surface area (Å²) in [4.78, 5) is 15.4. The Morgan fingerprint density at radius 2 is 2.40 bits per heavy atom. The van der Waals surface area contributed by atoms with Crippen LogP contribution in [0.5, 0.6) is 0 Å². The molecular weight excluding hydrogens is 192 g/mol. The average molecular weight is 208 g/mol. The van der Waals surface area contributed by atoms with Crippen molar-refractivity contribution in [2.45, 2.75) is 25.9 Å². The van der Waals surface area contributed by atoms with Gasteiger partial charge in [0, 0.05) is 12.7 Å². The Balaban J connectivity index is 2.44. The first kappa shape index (κ1) is 11.7. The van der Waals surface area contributed by atoms with Gasteiger partial charge in [0.05, 0.1) is 12.8 Å². The van der Waals surface area contributed by atoms with E-state index in [4.69, 9.17) is 0 Å². The summed E-state index contributed by atoms with van der Waals surface area (Å²) in [5, 5.41) is 3.10. The first-order chi connectivity index (χ1) is 7.27. The number of hydrogen-bond acceptors (Lipinski definition) is 4. The quantitative estimate of drug-likeness (QED) is 0.737. The molecule has 0 spiro atoms. The second kappa shape index (κ2) is 6.14. The van der Waals surface area contributed by atoms with Crippen molar-refractivity contribution in [3.63, 3.8) is 0 Å². The second-order valence-electron chi connectivity index (χ2n) is 3.19. The molecule has 0 aromatic carbocycles. The predicted octanol–water partition coefficient (Wildman–Crippen LogP) is 1.12. The summed E-state index contributed by atoms with van der Waals surface area (Å²) < 4.78 is 4.67. The summed E-state index contributed by atoms with van der Waals surface area (Å²) in [7, 11) is 1.40. The molecule has 1 unspecified atom stereocenters. The van der Waals surface area contributed by atoms with Gasteiger partial charge < -0.3 is 4.74 Å². The standard InChI is InChI=1S/C11H16N2O2/c1-3-10(11(14)15-2)13-8-9-6-4-5-7-12-9/h4-7,10,13H,3,8H2,1-2H3. The first-order valence-corrected chi connectivity index (χ1v) is 4.99. The first-order valence-electron chi connectivity index (χ1n) is 4.99. The zero-order chi connectivity index (χ0) is 11.1. The minimum atomic E-state index is -0.253. The Morgan fingerprint density at radius 1 is 1.60 bits per heavy atom. The van der Waals surface area contributed by atoms with E-state index in [-0.39, 0.29) is 12.0 Å². The van der Waals surface area contributed by atoms with Crippen LogP contribution in [0.1, 0.15) is 19.0 Å². The molecule has 0 fully saturated rings. The third kappa shape index (κ3) is 3.67. The highest BCUT2D eigenvalue weighted by Crippen LogP contribution is 1.98. The molecule has 0 saturated carbocycles. The number of rotatable bonds is 5. The van der Waals surface area contributed by atoms with Gasteiger partial charge in [-0.2, -0.15) is 0 Å². The molecule has 0 bridgehead atoms. The largest absolute Gasteiger partial charge is 0.468 e.